The second-order valence-corrected chi connectivity index (χ2v) is 4.49. The van der Waals surface area contributed by atoms with Crippen molar-refractivity contribution in [2.75, 3.05) is 0 Å². The first-order valence-electron chi connectivity index (χ1n) is 6.48. The smallest absolute Gasteiger partial charge is 0.441 e. The van der Waals surface area contributed by atoms with E-state index in [1.54, 1.807) is 24.3 Å². The van der Waals surface area contributed by atoms with Gasteiger partial charge in [-0.1, -0.05) is 30.3 Å². The molecule has 7 heteroatoms. The highest BCUT2D eigenvalue weighted by Gasteiger charge is 2.33. The molecule has 0 spiro atoms. The molecule has 0 saturated heterocycles. The third-order valence-corrected chi connectivity index (χ3v) is 2.79. The van der Waals surface area contributed by atoms with E-state index in [9.17, 15) is 23.5 Å². The molecule has 0 radical (unpaired) electrons. The molecule has 0 heterocycles. The molecule has 0 atom stereocenters. The number of carbonyl (C=O) groups is 2. The van der Waals surface area contributed by atoms with Gasteiger partial charge in [-0.2, -0.15) is 8.78 Å². The SMILES string of the molecule is O=C(OCc1ccccc1)c1ccc(OC(F)(F)C(=O)[O-])cc1. The van der Waals surface area contributed by atoms with Crippen LogP contribution >= 0.6 is 0 Å². The monoisotopic (exact) mass is 321 g/mol. The molecule has 2 aromatic rings. The van der Waals surface area contributed by atoms with E-state index < -0.39 is 23.8 Å². The summed E-state index contributed by atoms with van der Waals surface area (Å²) in [7, 11) is 0. The minimum atomic E-state index is -4.45. The molecule has 0 unspecified atom stereocenters. The molecule has 0 aliphatic rings. The Labute approximate surface area is 130 Å². The van der Waals surface area contributed by atoms with Crippen LogP contribution in [-0.4, -0.2) is 18.0 Å². The molecule has 0 saturated carbocycles. The maximum absolute atomic E-state index is 12.8. The quantitative estimate of drug-likeness (QED) is 0.758. The van der Waals surface area contributed by atoms with Crippen LogP contribution in [0.1, 0.15) is 15.9 Å². The third kappa shape index (κ3) is 4.50. The van der Waals surface area contributed by atoms with E-state index in [1.807, 2.05) is 6.07 Å². The summed E-state index contributed by atoms with van der Waals surface area (Å²) < 4.78 is 34.7. The number of carboxylic acid groups (broad SMARTS) is 1. The van der Waals surface area contributed by atoms with Crippen molar-refractivity contribution in [1.82, 2.24) is 0 Å². The van der Waals surface area contributed by atoms with Crippen LogP contribution in [0.25, 0.3) is 0 Å². The first kappa shape index (κ1) is 16.4. The standard InChI is InChI=1S/C16H12F2O5/c17-16(18,15(20)21)23-13-8-6-12(7-9-13)14(19)22-10-11-4-2-1-3-5-11/h1-9H,10H2,(H,20,21)/p-1. The molecule has 0 aliphatic heterocycles. The molecular weight excluding hydrogens is 310 g/mol. The number of hydrogen-bond acceptors (Lipinski definition) is 5. The first-order valence-corrected chi connectivity index (χ1v) is 6.48. The molecule has 0 aromatic heterocycles. The van der Waals surface area contributed by atoms with Gasteiger partial charge >= 0.3 is 12.1 Å². The highest BCUT2D eigenvalue weighted by Crippen LogP contribution is 2.21. The van der Waals surface area contributed by atoms with E-state index in [2.05, 4.69) is 4.74 Å². The number of carbonyl (C=O) groups excluding carboxylic acids is 2. The van der Waals surface area contributed by atoms with E-state index in [0.29, 0.717) is 0 Å². The average Bonchev–Trinajstić information content (AvgIpc) is 2.54. The largest absolute Gasteiger partial charge is 0.541 e. The summed E-state index contributed by atoms with van der Waals surface area (Å²) in [6.45, 7) is 0.0701. The molecule has 0 aliphatic carbocycles. The van der Waals surface area contributed by atoms with Gasteiger partial charge in [-0.15, -0.1) is 0 Å². The van der Waals surface area contributed by atoms with E-state index in [1.165, 1.54) is 12.1 Å². The summed E-state index contributed by atoms with van der Waals surface area (Å²) in [4.78, 5) is 22.0. The van der Waals surface area contributed by atoms with Crippen molar-refractivity contribution in [2.45, 2.75) is 12.7 Å². The zero-order chi connectivity index (χ0) is 16.9. The lowest BCUT2D eigenvalue weighted by Crippen LogP contribution is -2.45. The van der Waals surface area contributed by atoms with Gasteiger partial charge in [-0.25, -0.2) is 4.79 Å². The van der Waals surface area contributed by atoms with Gasteiger partial charge in [-0.3, -0.25) is 0 Å². The summed E-state index contributed by atoms with van der Waals surface area (Å²) in [5, 5.41) is 10.2. The second kappa shape index (κ2) is 6.87. The Morgan fingerprint density at radius 1 is 1.00 bits per heavy atom. The highest BCUT2D eigenvalue weighted by atomic mass is 19.3. The second-order valence-electron chi connectivity index (χ2n) is 4.49. The number of alkyl halides is 2. The van der Waals surface area contributed by atoms with E-state index >= 15 is 0 Å². The molecule has 0 amide bonds. The zero-order valence-corrected chi connectivity index (χ0v) is 11.7. The fourth-order valence-electron chi connectivity index (χ4n) is 1.66. The molecular formula is C16H11F2O5-. The van der Waals surface area contributed by atoms with Gasteiger partial charge in [0.05, 0.1) is 5.56 Å². The van der Waals surface area contributed by atoms with Gasteiger partial charge in [0.25, 0.3) is 0 Å². The number of benzene rings is 2. The van der Waals surface area contributed by atoms with E-state index in [0.717, 1.165) is 17.7 Å². The van der Waals surface area contributed by atoms with Crippen LogP contribution in [-0.2, 0) is 16.1 Å². The number of esters is 1. The fourth-order valence-corrected chi connectivity index (χ4v) is 1.66. The number of hydrogen-bond donors (Lipinski definition) is 0. The number of rotatable bonds is 6. The van der Waals surface area contributed by atoms with Gasteiger partial charge in [0.15, 0.2) is 5.97 Å². The predicted molar refractivity (Wildman–Crippen MR) is 72.6 cm³/mol. The van der Waals surface area contributed by atoms with Gasteiger partial charge < -0.3 is 19.4 Å². The Balaban J connectivity index is 1.96. The Kier molecular flexibility index (Phi) is 4.90. The molecule has 2 aromatic carbocycles. The van der Waals surface area contributed by atoms with Crippen LogP contribution in [0.4, 0.5) is 8.78 Å². The van der Waals surface area contributed by atoms with Gasteiger partial charge in [-0.05, 0) is 29.8 Å². The van der Waals surface area contributed by atoms with Gasteiger partial charge in [0.1, 0.15) is 12.4 Å². The molecule has 0 bridgehead atoms. The van der Waals surface area contributed by atoms with Crippen molar-refractivity contribution in [2.24, 2.45) is 0 Å². The Morgan fingerprint density at radius 2 is 1.61 bits per heavy atom. The van der Waals surface area contributed by atoms with Crippen molar-refractivity contribution in [3.8, 4) is 5.75 Å². The molecule has 0 N–H and O–H groups in total. The minimum Gasteiger partial charge on any atom is -0.541 e. The lowest BCUT2D eigenvalue weighted by atomic mass is 10.2. The van der Waals surface area contributed by atoms with E-state index in [-0.39, 0.29) is 12.2 Å². The van der Waals surface area contributed by atoms with Crippen LogP contribution in [0.15, 0.2) is 54.6 Å². The van der Waals surface area contributed by atoms with Crippen LogP contribution < -0.4 is 9.84 Å². The maximum atomic E-state index is 12.8. The summed E-state index contributed by atoms with van der Waals surface area (Å²) in [6, 6.07) is 13.4. The first-order chi connectivity index (χ1) is 10.9. The maximum Gasteiger partial charge on any atom is 0.441 e. The Bertz CT molecular complexity index is 683. The molecule has 120 valence electrons. The van der Waals surface area contributed by atoms with E-state index in [4.69, 9.17) is 4.74 Å². The minimum absolute atomic E-state index is 0.0701. The summed E-state index contributed by atoms with van der Waals surface area (Å²) >= 11 is 0. The van der Waals surface area contributed by atoms with Crippen LogP contribution in [0, 0.1) is 0 Å². The van der Waals surface area contributed by atoms with Gasteiger partial charge in [0, 0.05) is 0 Å². The van der Waals surface area contributed by atoms with Crippen molar-refractivity contribution in [3.05, 3.63) is 65.7 Å². The third-order valence-electron chi connectivity index (χ3n) is 2.79. The number of ether oxygens (including phenoxy) is 2. The average molecular weight is 321 g/mol. The van der Waals surface area contributed by atoms with Crippen molar-refractivity contribution in [3.63, 3.8) is 0 Å². The highest BCUT2D eigenvalue weighted by molar-refractivity contribution is 5.89. The molecule has 0 fully saturated rings. The Morgan fingerprint density at radius 3 is 2.17 bits per heavy atom. The molecule has 23 heavy (non-hydrogen) atoms. The lowest BCUT2D eigenvalue weighted by molar-refractivity contribution is -0.350. The molecule has 2 rings (SSSR count). The normalized spacial score (nSPS) is 10.9. The van der Waals surface area contributed by atoms with Crippen LogP contribution in [0.5, 0.6) is 5.75 Å². The van der Waals surface area contributed by atoms with Crippen molar-refractivity contribution < 1.29 is 33.0 Å². The summed E-state index contributed by atoms with van der Waals surface area (Å²) in [5.41, 5.74) is 0.916. The van der Waals surface area contributed by atoms with Crippen LogP contribution in [0.3, 0.4) is 0 Å². The summed E-state index contributed by atoms with van der Waals surface area (Å²) in [5.74, 6) is -3.71. The van der Waals surface area contributed by atoms with Crippen LogP contribution in [0.2, 0.25) is 0 Å². The number of halogens is 2. The number of carboxylic acids is 1. The fraction of sp³-hybridized carbons (Fsp3) is 0.125. The molecule has 5 nitrogen and oxygen atoms in total. The predicted octanol–water partition coefficient (Wildman–Crippen LogP) is 1.77. The summed E-state index contributed by atoms with van der Waals surface area (Å²) in [6.07, 6.45) is -4.45. The lowest BCUT2D eigenvalue weighted by Gasteiger charge is -2.18. The number of aliphatic carboxylic acids is 1. The zero-order valence-electron chi connectivity index (χ0n) is 11.7. The Hall–Kier alpha value is -2.96. The van der Waals surface area contributed by atoms with Crippen molar-refractivity contribution in [1.29, 1.82) is 0 Å². The van der Waals surface area contributed by atoms with Gasteiger partial charge in [0.2, 0.25) is 0 Å². The van der Waals surface area contributed by atoms with Crippen molar-refractivity contribution >= 4 is 11.9 Å². The topological polar surface area (TPSA) is 75.7 Å².